The molecule has 0 aliphatic rings. The Labute approximate surface area is 139 Å². The van der Waals surface area contributed by atoms with Crippen LogP contribution in [0.3, 0.4) is 0 Å². The van der Waals surface area contributed by atoms with Crippen molar-refractivity contribution in [1.29, 1.82) is 0 Å². The van der Waals surface area contributed by atoms with Gasteiger partial charge in [0.1, 0.15) is 0 Å². The molecular formula is C18H19N3O3. The molecule has 3 rings (SSSR count). The molecule has 24 heavy (non-hydrogen) atoms. The molecular weight excluding hydrogens is 306 g/mol. The lowest BCUT2D eigenvalue weighted by atomic mass is 10.1. The van der Waals surface area contributed by atoms with Gasteiger partial charge in [-0.1, -0.05) is 31.2 Å². The number of carbonyl (C=O) groups excluding carboxylic acids is 1. The van der Waals surface area contributed by atoms with E-state index >= 15 is 0 Å². The quantitative estimate of drug-likeness (QED) is 0.730. The Bertz CT molecular complexity index is 869. The Hall–Kier alpha value is -2.73. The molecule has 0 radical (unpaired) electrons. The number of aliphatic hydroxyl groups is 1. The van der Waals surface area contributed by atoms with Crippen molar-refractivity contribution < 1.29 is 14.6 Å². The molecule has 2 aromatic heterocycles. The molecule has 124 valence electrons. The Balaban J connectivity index is 2.07. The molecule has 2 heterocycles. The normalized spacial score (nSPS) is 11.0. The average Bonchev–Trinajstić information content (AvgIpc) is 3.05. The van der Waals surface area contributed by atoms with E-state index in [1.165, 1.54) is 0 Å². The van der Waals surface area contributed by atoms with Gasteiger partial charge in [-0.25, -0.2) is 14.3 Å². The van der Waals surface area contributed by atoms with E-state index in [1.54, 1.807) is 17.5 Å². The molecule has 0 aliphatic heterocycles. The number of aryl methyl sites for hydroxylation is 1. The first-order valence-corrected chi connectivity index (χ1v) is 7.93. The summed E-state index contributed by atoms with van der Waals surface area (Å²) in [7, 11) is 0. The fourth-order valence-electron chi connectivity index (χ4n) is 2.52. The van der Waals surface area contributed by atoms with Crippen LogP contribution in [-0.2, 0) is 17.8 Å². The highest BCUT2D eigenvalue weighted by Crippen LogP contribution is 2.21. The molecule has 1 N–H and O–H groups in total. The zero-order chi connectivity index (χ0) is 17.1. The SMILES string of the molecule is CCOC(=O)c1cc(CC)n2nc(-c3ccc(CO)cc3)cc2n1. The number of esters is 1. The van der Waals surface area contributed by atoms with Crippen molar-refractivity contribution in [1.82, 2.24) is 14.6 Å². The van der Waals surface area contributed by atoms with E-state index in [2.05, 4.69) is 10.1 Å². The number of fused-ring (bicyclic) bond motifs is 1. The first-order valence-electron chi connectivity index (χ1n) is 7.93. The summed E-state index contributed by atoms with van der Waals surface area (Å²) in [5, 5.41) is 13.7. The second-order valence-electron chi connectivity index (χ2n) is 5.36. The molecule has 0 fully saturated rings. The zero-order valence-corrected chi connectivity index (χ0v) is 13.7. The minimum absolute atomic E-state index is 0.00981. The second-order valence-corrected chi connectivity index (χ2v) is 5.36. The van der Waals surface area contributed by atoms with E-state index in [4.69, 9.17) is 9.84 Å². The van der Waals surface area contributed by atoms with Crippen LogP contribution in [0, 0.1) is 0 Å². The third-order valence-corrected chi connectivity index (χ3v) is 3.78. The fourth-order valence-corrected chi connectivity index (χ4v) is 2.52. The summed E-state index contributed by atoms with van der Waals surface area (Å²) in [5.74, 6) is -0.426. The van der Waals surface area contributed by atoms with Gasteiger partial charge in [-0.3, -0.25) is 0 Å². The number of nitrogens with zero attached hydrogens (tertiary/aromatic N) is 3. The lowest BCUT2D eigenvalue weighted by molar-refractivity contribution is 0.0519. The van der Waals surface area contributed by atoms with E-state index in [1.807, 2.05) is 37.3 Å². The van der Waals surface area contributed by atoms with Crippen LogP contribution in [0.5, 0.6) is 0 Å². The predicted molar refractivity (Wildman–Crippen MR) is 89.7 cm³/mol. The topological polar surface area (TPSA) is 76.7 Å². The number of aliphatic hydroxyl groups excluding tert-OH is 1. The number of hydrogen-bond acceptors (Lipinski definition) is 5. The Morgan fingerprint density at radius 1 is 1.21 bits per heavy atom. The van der Waals surface area contributed by atoms with Crippen LogP contribution in [0.25, 0.3) is 16.9 Å². The number of ether oxygens (including phenoxy) is 1. The van der Waals surface area contributed by atoms with Gasteiger partial charge in [-0.05, 0) is 25.0 Å². The Morgan fingerprint density at radius 3 is 2.58 bits per heavy atom. The molecule has 6 heteroatoms. The summed E-state index contributed by atoms with van der Waals surface area (Å²) in [4.78, 5) is 16.3. The Morgan fingerprint density at radius 2 is 1.96 bits per heavy atom. The minimum atomic E-state index is -0.426. The third kappa shape index (κ3) is 3.00. The molecule has 0 aliphatic carbocycles. The number of aromatic nitrogens is 3. The summed E-state index contributed by atoms with van der Waals surface area (Å²) in [5.41, 5.74) is 4.34. The van der Waals surface area contributed by atoms with Gasteiger partial charge < -0.3 is 9.84 Å². The predicted octanol–water partition coefficient (Wildman–Crippen LogP) is 2.63. The van der Waals surface area contributed by atoms with Gasteiger partial charge in [0.15, 0.2) is 11.3 Å². The van der Waals surface area contributed by atoms with Crippen molar-refractivity contribution >= 4 is 11.6 Å². The molecule has 0 saturated heterocycles. The standard InChI is InChI=1S/C18H19N3O3/c1-3-14-9-16(18(23)24-4-2)19-17-10-15(20-21(14)17)13-7-5-12(11-22)6-8-13/h5-10,22H,3-4,11H2,1-2H3. The third-order valence-electron chi connectivity index (χ3n) is 3.78. The molecule has 0 spiro atoms. The van der Waals surface area contributed by atoms with Crippen LogP contribution in [0.4, 0.5) is 0 Å². The molecule has 0 bridgehead atoms. The van der Waals surface area contributed by atoms with E-state index < -0.39 is 5.97 Å². The van der Waals surface area contributed by atoms with E-state index in [-0.39, 0.29) is 6.61 Å². The van der Waals surface area contributed by atoms with Crippen LogP contribution in [0.15, 0.2) is 36.4 Å². The van der Waals surface area contributed by atoms with Gasteiger partial charge in [-0.15, -0.1) is 0 Å². The van der Waals surface area contributed by atoms with Crippen LogP contribution < -0.4 is 0 Å². The van der Waals surface area contributed by atoms with Crippen molar-refractivity contribution in [3.63, 3.8) is 0 Å². The first-order chi connectivity index (χ1) is 11.7. The maximum atomic E-state index is 12.0. The van der Waals surface area contributed by atoms with E-state index in [0.29, 0.717) is 17.9 Å². The smallest absolute Gasteiger partial charge is 0.357 e. The minimum Gasteiger partial charge on any atom is -0.461 e. The number of hydrogen-bond donors (Lipinski definition) is 1. The highest BCUT2D eigenvalue weighted by molar-refractivity contribution is 5.88. The van der Waals surface area contributed by atoms with Gasteiger partial charge in [0.2, 0.25) is 0 Å². The van der Waals surface area contributed by atoms with Gasteiger partial charge in [0, 0.05) is 17.3 Å². The second kappa shape index (κ2) is 6.80. The van der Waals surface area contributed by atoms with Gasteiger partial charge >= 0.3 is 5.97 Å². The van der Waals surface area contributed by atoms with Crippen molar-refractivity contribution in [2.75, 3.05) is 6.61 Å². The summed E-state index contributed by atoms with van der Waals surface area (Å²) in [6, 6.07) is 11.1. The molecule has 0 amide bonds. The monoisotopic (exact) mass is 325 g/mol. The summed E-state index contributed by atoms with van der Waals surface area (Å²) >= 11 is 0. The summed E-state index contributed by atoms with van der Waals surface area (Å²) in [6.45, 7) is 4.09. The number of rotatable bonds is 5. The highest BCUT2D eigenvalue weighted by atomic mass is 16.5. The summed E-state index contributed by atoms with van der Waals surface area (Å²) < 4.78 is 6.79. The molecule has 0 atom stereocenters. The van der Waals surface area contributed by atoms with Crippen LogP contribution in [0.2, 0.25) is 0 Å². The lowest BCUT2D eigenvalue weighted by Crippen LogP contribution is -2.10. The van der Waals surface area contributed by atoms with Crippen molar-refractivity contribution in [3.8, 4) is 11.3 Å². The van der Waals surface area contributed by atoms with Gasteiger partial charge in [-0.2, -0.15) is 5.10 Å². The number of carbonyl (C=O) groups is 1. The maximum absolute atomic E-state index is 12.0. The van der Waals surface area contributed by atoms with Crippen LogP contribution >= 0.6 is 0 Å². The van der Waals surface area contributed by atoms with Crippen molar-refractivity contribution in [2.45, 2.75) is 26.9 Å². The van der Waals surface area contributed by atoms with Gasteiger partial charge in [0.05, 0.1) is 18.9 Å². The largest absolute Gasteiger partial charge is 0.461 e. The van der Waals surface area contributed by atoms with Crippen molar-refractivity contribution in [2.24, 2.45) is 0 Å². The molecule has 6 nitrogen and oxygen atoms in total. The average molecular weight is 325 g/mol. The van der Waals surface area contributed by atoms with Gasteiger partial charge in [0.25, 0.3) is 0 Å². The fraction of sp³-hybridized carbons (Fsp3) is 0.278. The molecule has 0 saturated carbocycles. The highest BCUT2D eigenvalue weighted by Gasteiger charge is 2.15. The van der Waals surface area contributed by atoms with E-state index in [0.717, 1.165) is 28.9 Å². The lowest BCUT2D eigenvalue weighted by Gasteiger charge is -2.05. The summed E-state index contributed by atoms with van der Waals surface area (Å²) in [6.07, 6.45) is 0.718. The number of benzene rings is 1. The molecule has 1 aromatic carbocycles. The van der Waals surface area contributed by atoms with Crippen LogP contribution in [0.1, 0.15) is 35.6 Å². The van der Waals surface area contributed by atoms with Crippen molar-refractivity contribution in [3.05, 3.63) is 53.3 Å². The Kier molecular flexibility index (Phi) is 4.57. The maximum Gasteiger partial charge on any atom is 0.357 e. The van der Waals surface area contributed by atoms with E-state index in [9.17, 15) is 4.79 Å². The molecule has 3 aromatic rings. The van der Waals surface area contributed by atoms with Crippen LogP contribution in [-0.4, -0.2) is 32.3 Å². The molecule has 0 unspecified atom stereocenters. The first kappa shape index (κ1) is 16.1. The zero-order valence-electron chi connectivity index (χ0n) is 13.7.